The third-order valence-electron chi connectivity index (χ3n) is 5.48. The summed E-state index contributed by atoms with van der Waals surface area (Å²) in [5.41, 5.74) is 3.12. The lowest BCUT2D eigenvalue weighted by molar-refractivity contribution is 0.522. The van der Waals surface area contributed by atoms with Gasteiger partial charge >= 0.3 is 0 Å². The molecular weight excluding hydrogens is 372 g/mol. The number of aromatic nitrogens is 3. The van der Waals surface area contributed by atoms with Gasteiger partial charge in [-0.05, 0) is 43.2 Å². The second kappa shape index (κ2) is 7.37. The Morgan fingerprint density at radius 2 is 1.89 bits per heavy atom. The van der Waals surface area contributed by atoms with Crippen LogP contribution in [0.25, 0.3) is 16.7 Å². The highest BCUT2D eigenvalue weighted by Gasteiger charge is 2.24. The molecule has 0 bridgehead atoms. The van der Waals surface area contributed by atoms with Crippen LogP contribution in [0.15, 0.2) is 35.1 Å². The highest BCUT2D eigenvalue weighted by molar-refractivity contribution is 6.30. The second-order valence-electron chi connectivity index (χ2n) is 8.74. The molecule has 0 aliphatic heterocycles. The van der Waals surface area contributed by atoms with E-state index in [0.29, 0.717) is 17.6 Å². The summed E-state index contributed by atoms with van der Waals surface area (Å²) in [6.07, 6.45) is 4.94. The molecule has 1 aliphatic rings. The van der Waals surface area contributed by atoms with Gasteiger partial charge in [0.1, 0.15) is 5.65 Å². The Kier molecular flexibility index (Phi) is 5.06. The molecule has 28 heavy (non-hydrogen) atoms. The average molecular weight is 399 g/mol. The number of hydrogen-bond acceptors (Lipinski definition) is 3. The molecule has 148 valence electrons. The Morgan fingerprint density at radius 1 is 1.21 bits per heavy atom. The van der Waals surface area contributed by atoms with E-state index in [9.17, 15) is 4.79 Å². The molecule has 5 nitrogen and oxygen atoms in total. The summed E-state index contributed by atoms with van der Waals surface area (Å²) >= 11 is 6.04. The molecule has 1 aliphatic carbocycles. The van der Waals surface area contributed by atoms with Crippen molar-refractivity contribution in [2.75, 3.05) is 0 Å². The molecule has 0 atom stereocenters. The lowest BCUT2D eigenvalue weighted by atomic mass is 9.90. The molecule has 3 aromatic rings. The Balaban J connectivity index is 1.80. The van der Waals surface area contributed by atoms with Crippen LogP contribution in [0, 0.1) is 0 Å². The van der Waals surface area contributed by atoms with E-state index in [2.05, 4.69) is 31.1 Å². The number of nitrogens with zero attached hydrogens (tertiary/aromatic N) is 2. The van der Waals surface area contributed by atoms with Crippen molar-refractivity contribution >= 4 is 22.6 Å². The molecule has 4 rings (SSSR count). The van der Waals surface area contributed by atoms with Crippen LogP contribution < -0.4 is 10.9 Å². The molecule has 1 aromatic carbocycles. The Bertz CT molecular complexity index is 1040. The molecule has 0 amide bonds. The fraction of sp³-hybridized carbons (Fsp3) is 0.455. The zero-order chi connectivity index (χ0) is 19.9. The van der Waals surface area contributed by atoms with Crippen LogP contribution in [0.2, 0.25) is 5.02 Å². The molecule has 1 fully saturated rings. The maximum absolute atomic E-state index is 12.8. The Hall–Kier alpha value is -2.11. The van der Waals surface area contributed by atoms with Crippen molar-refractivity contribution in [3.8, 4) is 5.69 Å². The second-order valence-corrected chi connectivity index (χ2v) is 9.17. The van der Waals surface area contributed by atoms with E-state index in [-0.39, 0.29) is 11.0 Å². The van der Waals surface area contributed by atoms with Crippen LogP contribution in [0.4, 0.5) is 0 Å². The summed E-state index contributed by atoms with van der Waals surface area (Å²) in [6.45, 7) is 7.01. The van der Waals surface area contributed by atoms with Crippen molar-refractivity contribution < 1.29 is 0 Å². The van der Waals surface area contributed by atoms with Gasteiger partial charge in [-0.15, -0.1) is 0 Å². The first-order valence-corrected chi connectivity index (χ1v) is 10.4. The molecule has 0 spiro atoms. The van der Waals surface area contributed by atoms with Crippen molar-refractivity contribution in [2.45, 2.75) is 64.5 Å². The predicted octanol–water partition coefficient (Wildman–Crippen LogP) is 4.70. The van der Waals surface area contributed by atoms with Gasteiger partial charge in [0.15, 0.2) is 0 Å². The summed E-state index contributed by atoms with van der Waals surface area (Å²) in [5.74, 6) is 0. The van der Waals surface area contributed by atoms with Gasteiger partial charge in [-0.1, -0.05) is 45.2 Å². The van der Waals surface area contributed by atoms with E-state index >= 15 is 0 Å². The first kappa shape index (κ1) is 19.2. The first-order chi connectivity index (χ1) is 13.3. The van der Waals surface area contributed by atoms with Crippen molar-refractivity contribution in [3.63, 3.8) is 0 Å². The van der Waals surface area contributed by atoms with Crippen LogP contribution in [0.1, 0.15) is 57.7 Å². The number of fused-ring (bicyclic) bond motifs is 1. The van der Waals surface area contributed by atoms with Gasteiger partial charge in [-0.2, -0.15) is 5.10 Å². The van der Waals surface area contributed by atoms with Crippen LogP contribution >= 0.6 is 11.6 Å². The Labute approximate surface area is 170 Å². The third-order valence-corrected chi connectivity index (χ3v) is 5.73. The van der Waals surface area contributed by atoms with Gasteiger partial charge < -0.3 is 10.3 Å². The summed E-state index contributed by atoms with van der Waals surface area (Å²) in [4.78, 5) is 15.9. The molecule has 0 saturated heterocycles. The summed E-state index contributed by atoms with van der Waals surface area (Å²) in [6, 6.07) is 10.0. The molecule has 1 saturated carbocycles. The topological polar surface area (TPSA) is 62.7 Å². The first-order valence-electron chi connectivity index (χ1n) is 9.97. The van der Waals surface area contributed by atoms with Gasteiger partial charge in [0.25, 0.3) is 5.56 Å². The molecule has 2 N–H and O–H groups in total. The number of aromatic amines is 1. The van der Waals surface area contributed by atoms with Crippen LogP contribution in [-0.4, -0.2) is 20.8 Å². The number of halogens is 1. The maximum atomic E-state index is 12.8. The minimum Gasteiger partial charge on any atom is -0.310 e. The number of benzene rings is 1. The van der Waals surface area contributed by atoms with E-state index in [4.69, 9.17) is 16.7 Å². The largest absolute Gasteiger partial charge is 0.310 e. The smallest absolute Gasteiger partial charge is 0.254 e. The highest BCUT2D eigenvalue weighted by atomic mass is 35.5. The standard InChI is InChI=1S/C22H27ClN4O/c1-22(2,3)19-18-12-14(13-24-16-6-4-5-7-16)21(28)25-20(18)27(26-19)17-10-8-15(23)9-11-17/h8-12,16,24H,4-7,13H2,1-3H3,(H,25,28). The van der Waals surface area contributed by atoms with Gasteiger partial charge in [0.05, 0.1) is 11.4 Å². The van der Waals surface area contributed by atoms with Crippen LogP contribution in [0.3, 0.4) is 0 Å². The van der Waals surface area contributed by atoms with E-state index in [0.717, 1.165) is 28.0 Å². The van der Waals surface area contributed by atoms with E-state index < -0.39 is 0 Å². The third kappa shape index (κ3) is 3.74. The minimum atomic E-state index is -0.148. The molecule has 0 unspecified atom stereocenters. The lowest BCUT2D eigenvalue weighted by Crippen LogP contribution is -2.28. The van der Waals surface area contributed by atoms with E-state index in [1.54, 1.807) is 0 Å². The maximum Gasteiger partial charge on any atom is 0.254 e. The molecule has 6 heteroatoms. The van der Waals surface area contributed by atoms with Gasteiger partial charge in [-0.3, -0.25) is 4.79 Å². The highest BCUT2D eigenvalue weighted by Crippen LogP contribution is 2.30. The normalized spacial score (nSPS) is 15.6. The summed E-state index contributed by atoms with van der Waals surface area (Å²) in [7, 11) is 0. The summed E-state index contributed by atoms with van der Waals surface area (Å²) in [5, 5.41) is 10.1. The van der Waals surface area contributed by atoms with Gasteiger partial charge in [-0.25, -0.2) is 4.68 Å². The number of nitrogens with one attached hydrogen (secondary N) is 2. The number of hydrogen-bond donors (Lipinski definition) is 2. The monoisotopic (exact) mass is 398 g/mol. The molecule has 2 aromatic heterocycles. The van der Waals surface area contributed by atoms with E-state index in [1.807, 2.05) is 35.0 Å². The average Bonchev–Trinajstić information content (AvgIpc) is 3.28. The van der Waals surface area contributed by atoms with Crippen molar-refractivity contribution in [1.29, 1.82) is 0 Å². The SMILES string of the molecule is CC(C)(C)c1nn(-c2ccc(Cl)cc2)c2[nH]c(=O)c(CNC3CCCC3)cc12. The van der Waals surface area contributed by atoms with Gasteiger partial charge in [0.2, 0.25) is 0 Å². The summed E-state index contributed by atoms with van der Waals surface area (Å²) < 4.78 is 1.81. The zero-order valence-electron chi connectivity index (χ0n) is 16.7. The van der Waals surface area contributed by atoms with Crippen LogP contribution in [0.5, 0.6) is 0 Å². The number of H-pyrrole nitrogens is 1. The number of pyridine rings is 1. The van der Waals surface area contributed by atoms with Crippen molar-refractivity contribution in [2.24, 2.45) is 0 Å². The fourth-order valence-electron chi connectivity index (χ4n) is 3.95. The molecule has 0 radical (unpaired) electrons. The van der Waals surface area contributed by atoms with Crippen LogP contribution in [-0.2, 0) is 12.0 Å². The lowest BCUT2D eigenvalue weighted by Gasteiger charge is -2.16. The zero-order valence-corrected chi connectivity index (χ0v) is 17.4. The van der Waals surface area contributed by atoms with E-state index in [1.165, 1.54) is 25.7 Å². The van der Waals surface area contributed by atoms with Crippen molar-refractivity contribution in [3.05, 3.63) is 57.0 Å². The number of rotatable bonds is 4. The Morgan fingerprint density at radius 3 is 2.54 bits per heavy atom. The van der Waals surface area contributed by atoms with Gasteiger partial charge in [0, 0.05) is 34.0 Å². The van der Waals surface area contributed by atoms with Crippen molar-refractivity contribution in [1.82, 2.24) is 20.1 Å². The molecular formula is C22H27ClN4O. The minimum absolute atomic E-state index is 0.0615. The fourth-order valence-corrected chi connectivity index (χ4v) is 4.08. The quantitative estimate of drug-likeness (QED) is 0.669. The molecule has 2 heterocycles. The predicted molar refractivity (Wildman–Crippen MR) is 114 cm³/mol.